The summed E-state index contributed by atoms with van der Waals surface area (Å²) in [4.78, 5) is 24.5. The van der Waals surface area contributed by atoms with Crippen LogP contribution in [0.25, 0.3) is 0 Å². The van der Waals surface area contributed by atoms with Crippen LogP contribution in [0.2, 0.25) is 0 Å². The van der Waals surface area contributed by atoms with Crippen molar-refractivity contribution >= 4 is 12.0 Å². The Morgan fingerprint density at radius 2 is 1.65 bits per heavy atom. The molecule has 1 N–H and O–H groups in total. The number of carboxylic acids is 1. The molecule has 8 heteroatoms. The number of halogens is 3. The van der Waals surface area contributed by atoms with E-state index in [-0.39, 0.29) is 6.54 Å². The molecule has 0 aliphatic carbocycles. The van der Waals surface area contributed by atoms with Crippen LogP contribution in [0, 0.1) is 0 Å². The molecule has 2 amide bonds. The quantitative estimate of drug-likeness (QED) is 0.848. The molecule has 0 aliphatic heterocycles. The van der Waals surface area contributed by atoms with Crippen molar-refractivity contribution in [1.82, 2.24) is 9.80 Å². The Morgan fingerprint density at radius 1 is 1.15 bits per heavy atom. The number of nitrogens with zero attached hydrogens (tertiary/aromatic N) is 2. The maximum atomic E-state index is 12.5. The summed E-state index contributed by atoms with van der Waals surface area (Å²) in [6.45, 7) is 4.27. The smallest absolute Gasteiger partial charge is 0.406 e. The largest absolute Gasteiger partial charge is 0.480 e. The molecule has 0 aromatic rings. The summed E-state index contributed by atoms with van der Waals surface area (Å²) in [7, 11) is 0. The molecule has 0 fully saturated rings. The molecule has 0 aromatic heterocycles. The van der Waals surface area contributed by atoms with Crippen molar-refractivity contribution in [2.75, 3.05) is 19.6 Å². The number of amides is 2. The summed E-state index contributed by atoms with van der Waals surface area (Å²) in [6, 6.07) is -0.918. The van der Waals surface area contributed by atoms with Crippen LogP contribution in [0.3, 0.4) is 0 Å². The Bertz CT molecular complexity index is 351. The molecule has 0 spiro atoms. The molecule has 0 unspecified atom stereocenters. The summed E-state index contributed by atoms with van der Waals surface area (Å²) in [5, 5.41) is 8.81. The highest BCUT2D eigenvalue weighted by Crippen LogP contribution is 2.21. The minimum absolute atomic E-state index is 0.0788. The third kappa shape index (κ3) is 6.63. The number of urea groups is 1. The molecule has 0 radical (unpaired) electrons. The SMILES string of the molecule is CCCN(CC(F)(F)F)C(=O)N(CC(=O)O)C(C)(C)C. The van der Waals surface area contributed by atoms with E-state index in [0.29, 0.717) is 11.3 Å². The molecule has 0 saturated heterocycles. The molecular weight excluding hydrogens is 277 g/mol. The first-order valence-corrected chi connectivity index (χ1v) is 6.23. The van der Waals surface area contributed by atoms with Crippen molar-refractivity contribution in [2.24, 2.45) is 0 Å². The van der Waals surface area contributed by atoms with Crippen molar-refractivity contribution in [3.8, 4) is 0 Å². The highest BCUT2D eigenvalue weighted by Gasteiger charge is 2.37. The van der Waals surface area contributed by atoms with Crippen molar-refractivity contribution in [1.29, 1.82) is 0 Å². The lowest BCUT2D eigenvalue weighted by Crippen LogP contribution is -2.55. The van der Waals surface area contributed by atoms with E-state index >= 15 is 0 Å². The highest BCUT2D eigenvalue weighted by molar-refractivity contribution is 5.81. The first-order chi connectivity index (χ1) is 8.88. The molecule has 118 valence electrons. The van der Waals surface area contributed by atoms with Crippen LogP contribution >= 0.6 is 0 Å². The van der Waals surface area contributed by atoms with Crippen molar-refractivity contribution in [3.63, 3.8) is 0 Å². The monoisotopic (exact) mass is 298 g/mol. The molecule has 0 rings (SSSR count). The van der Waals surface area contributed by atoms with Gasteiger partial charge in [0.25, 0.3) is 0 Å². The van der Waals surface area contributed by atoms with Gasteiger partial charge in [0.2, 0.25) is 0 Å². The van der Waals surface area contributed by atoms with Crippen LogP contribution in [0.5, 0.6) is 0 Å². The molecular formula is C12H21F3N2O3. The third-order valence-electron chi connectivity index (χ3n) is 2.47. The van der Waals surface area contributed by atoms with Crippen LogP contribution in [-0.2, 0) is 4.79 Å². The van der Waals surface area contributed by atoms with Crippen LogP contribution in [-0.4, -0.2) is 58.3 Å². The molecule has 0 heterocycles. The highest BCUT2D eigenvalue weighted by atomic mass is 19.4. The Morgan fingerprint density at radius 3 is 1.95 bits per heavy atom. The number of aliphatic carboxylic acids is 1. The molecule has 0 bridgehead atoms. The normalized spacial score (nSPS) is 12.2. The molecule has 0 saturated carbocycles. The van der Waals surface area contributed by atoms with Gasteiger partial charge in [-0.15, -0.1) is 0 Å². The number of alkyl halides is 3. The minimum Gasteiger partial charge on any atom is -0.480 e. The Balaban J connectivity index is 5.20. The van der Waals surface area contributed by atoms with E-state index < -0.39 is 36.8 Å². The lowest BCUT2D eigenvalue weighted by atomic mass is 10.1. The van der Waals surface area contributed by atoms with E-state index in [2.05, 4.69) is 0 Å². The predicted octanol–water partition coefficient (Wildman–Crippen LogP) is 2.57. The van der Waals surface area contributed by atoms with Gasteiger partial charge in [0.15, 0.2) is 0 Å². The molecule has 20 heavy (non-hydrogen) atoms. The zero-order valence-electron chi connectivity index (χ0n) is 12.1. The summed E-state index contributed by atoms with van der Waals surface area (Å²) >= 11 is 0. The lowest BCUT2D eigenvalue weighted by Gasteiger charge is -2.38. The standard InChI is InChI=1S/C12H21F3N2O3/c1-5-6-16(8-12(13,14)15)10(20)17(7-9(18)19)11(2,3)4/h5-8H2,1-4H3,(H,18,19). The van der Waals surface area contributed by atoms with E-state index in [1.54, 1.807) is 27.7 Å². The number of carbonyl (C=O) groups excluding carboxylic acids is 1. The van der Waals surface area contributed by atoms with Crippen molar-refractivity contribution in [3.05, 3.63) is 0 Å². The Labute approximate surface area is 116 Å². The first-order valence-electron chi connectivity index (χ1n) is 6.23. The second kappa shape index (κ2) is 6.81. The van der Waals surface area contributed by atoms with Crippen LogP contribution in [0.1, 0.15) is 34.1 Å². The van der Waals surface area contributed by atoms with Gasteiger partial charge in [0.05, 0.1) is 0 Å². The van der Waals surface area contributed by atoms with E-state index in [1.807, 2.05) is 0 Å². The summed E-state index contributed by atoms with van der Waals surface area (Å²) < 4.78 is 37.4. The number of hydrogen-bond donors (Lipinski definition) is 1. The number of carbonyl (C=O) groups is 2. The van der Waals surface area contributed by atoms with Crippen LogP contribution < -0.4 is 0 Å². The van der Waals surface area contributed by atoms with Gasteiger partial charge >= 0.3 is 18.2 Å². The summed E-state index contributed by atoms with van der Waals surface area (Å²) in [5.74, 6) is -1.27. The number of rotatable bonds is 5. The molecule has 0 aromatic carbocycles. The van der Waals surface area contributed by atoms with Gasteiger partial charge in [0.1, 0.15) is 13.1 Å². The second-order valence-corrected chi connectivity index (χ2v) is 5.47. The molecule has 5 nitrogen and oxygen atoms in total. The van der Waals surface area contributed by atoms with Crippen LogP contribution in [0.4, 0.5) is 18.0 Å². The lowest BCUT2D eigenvalue weighted by molar-refractivity contribution is -0.143. The Hall–Kier alpha value is -1.47. The van der Waals surface area contributed by atoms with Gasteiger partial charge in [-0.05, 0) is 27.2 Å². The number of carboxylic acid groups (broad SMARTS) is 1. The minimum atomic E-state index is -4.52. The zero-order chi connectivity index (χ0) is 16.1. The van der Waals surface area contributed by atoms with Crippen molar-refractivity contribution in [2.45, 2.75) is 45.8 Å². The van der Waals surface area contributed by atoms with E-state index in [0.717, 1.165) is 4.90 Å². The van der Waals surface area contributed by atoms with Gasteiger partial charge < -0.3 is 14.9 Å². The maximum absolute atomic E-state index is 12.5. The average molecular weight is 298 g/mol. The topological polar surface area (TPSA) is 60.9 Å². The average Bonchev–Trinajstić information content (AvgIpc) is 2.20. The number of hydrogen-bond acceptors (Lipinski definition) is 2. The fourth-order valence-corrected chi connectivity index (χ4v) is 1.63. The van der Waals surface area contributed by atoms with Crippen molar-refractivity contribution < 1.29 is 27.9 Å². The van der Waals surface area contributed by atoms with E-state index in [4.69, 9.17) is 5.11 Å². The molecule has 0 atom stereocenters. The fourth-order valence-electron chi connectivity index (χ4n) is 1.63. The predicted molar refractivity (Wildman–Crippen MR) is 67.4 cm³/mol. The fraction of sp³-hybridized carbons (Fsp3) is 0.833. The van der Waals surface area contributed by atoms with Crippen LogP contribution in [0.15, 0.2) is 0 Å². The van der Waals surface area contributed by atoms with Gasteiger partial charge in [0, 0.05) is 12.1 Å². The second-order valence-electron chi connectivity index (χ2n) is 5.47. The van der Waals surface area contributed by atoms with E-state index in [1.165, 1.54) is 0 Å². The molecule has 0 aliphatic rings. The van der Waals surface area contributed by atoms with Gasteiger partial charge in [-0.1, -0.05) is 6.92 Å². The first kappa shape index (κ1) is 18.5. The maximum Gasteiger partial charge on any atom is 0.406 e. The summed E-state index contributed by atoms with van der Waals surface area (Å²) in [6.07, 6.45) is -4.16. The van der Waals surface area contributed by atoms with Gasteiger partial charge in [-0.25, -0.2) is 4.79 Å². The summed E-state index contributed by atoms with van der Waals surface area (Å²) in [5.41, 5.74) is -0.882. The Kier molecular flexibility index (Phi) is 6.31. The van der Waals surface area contributed by atoms with E-state index in [9.17, 15) is 22.8 Å². The van der Waals surface area contributed by atoms with Gasteiger partial charge in [-0.2, -0.15) is 13.2 Å². The van der Waals surface area contributed by atoms with Gasteiger partial charge in [-0.3, -0.25) is 4.79 Å². The zero-order valence-corrected chi connectivity index (χ0v) is 12.1. The third-order valence-corrected chi connectivity index (χ3v) is 2.47.